The number of para-hydroxylation sites is 1. The van der Waals surface area contributed by atoms with Gasteiger partial charge >= 0.3 is 0 Å². The molecular formula is C20H22N2O4S. The molecule has 27 heavy (non-hydrogen) atoms. The Labute approximate surface area is 161 Å². The molecule has 6 nitrogen and oxygen atoms in total. The van der Waals surface area contributed by atoms with Crippen LogP contribution in [0.5, 0.6) is 17.2 Å². The summed E-state index contributed by atoms with van der Waals surface area (Å²) in [6, 6.07) is 10.9. The average Bonchev–Trinajstić information content (AvgIpc) is 3.05. The molecule has 0 aliphatic heterocycles. The number of fused-ring (bicyclic) bond motifs is 1. The first-order valence-electron chi connectivity index (χ1n) is 8.69. The van der Waals surface area contributed by atoms with Crippen LogP contribution in [0.4, 0.5) is 0 Å². The third kappa shape index (κ3) is 3.68. The monoisotopic (exact) mass is 386 g/mol. The van der Waals surface area contributed by atoms with E-state index in [2.05, 4.69) is 4.99 Å². The maximum atomic E-state index is 12.7. The maximum Gasteiger partial charge on any atom is 0.279 e. The van der Waals surface area contributed by atoms with Crippen molar-refractivity contribution in [3.05, 3.63) is 46.8 Å². The Morgan fingerprint density at radius 1 is 1.07 bits per heavy atom. The number of thiazole rings is 1. The molecule has 0 saturated carbocycles. The Kier molecular flexibility index (Phi) is 5.81. The number of aryl methyl sites for hydroxylation is 1. The highest BCUT2D eigenvalue weighted by atomic mass is 32.1. The standard InChI is InChI=1S/C20H22N2O4S/c1-5-22-18-15(26-6-2)8-7-9-17(18)27-20(22)21-19(23)13-10-11-14(24-3)16(12-13)25-4/h7-12H,5-6H2,1-4H3. The normalized spacial score (nSPS) is 11.6. The first-order valence-corrected chi connectivity index (χ1v) is 9.50. The second kappa shape index (κ2) is 8.26. The summed E-state index contributed by atoms with van der Waals surface area (Å²) < 4.78 is 19.3. The highest BCUT2D eigenvalue weighted by molar-refractivity contribution is 7.16. The van der Waals surface area contributed by atoms with E-state index in [1.807, 2.05) is 36.6 Å². The molecule has 7 heteroatoms. The minimum Gasteiger partial charge on any atom is -0.493 e. The minimum absolute atomic E-state index is 0.331. The van der Waals surface area contributed by atoms with Gasteiger partial charge in [-0.05, 0) is 44.2 Å². The molecule has 142 valence electrons. The topological polar surface area (TPSA) is 62.1 Å². The molecule has 3 aromatic rings. The van der Waals surface area contributed by atoms with Crippen molar-refractivity contribution in [2.75, 3.05) is 20.8 Å². The van der Waals surface area contributed by atoms with E-state index in [1.165, 1.54) is 18.4 Å². The van der Waals surface area contributed by atoms with Gasteiger partial charge in [-0.15, -0.1) is 0 Å². The van der Waals surface area contributed by atoms with E-state index in [-0.39, 0.29) is 5.91 Å². The molecular weight excluding hydrogens is 364 g/mol. The van der Waals surface area contributed by atoms with Gasteiger partial charge in [-0.1, -0.05) is 17.4 Å². The summed E-state index contributed by atoms with van der Waals surface area (Å²) >= 11 is 1.47. The fourth-order valence-corrected chi connectivity index (χ4v) is 3.98. The van der Waals surface area contributed by atoms with Gasteiger partial charge in [-0.2, -0.15) is 4.99 Å². The lowest BCUT2D eigenvalue weighted by molar-refractivity contribution is 0.0997. The molecule has 3 rings (SSSR count). The van der Waals surface area contributed by atoms with Crippen LogP contribution in [0.3, 0.4) is 0 Å². The Hall–Kier alpha value is -2.80. The summed E-state index contributed by atoms with van der Waals surface area (Å²) in [5.41, 5.74) is 1.41. The van der Waals surface area contributed by atoms with Crippen molar-refractivity contribution in [3.63, 3.8) is 0 Å². The molecule has 0 atom stereocenters. The van der Waals surface area contributed by atoms with Crippen molar-refractivity contribution < 1.29 is 19.0 Å². The number of benzene rings is 2. The smallest absolute Gasteiger partial charge is 0.279 e. The lowest BCUT2D eigenvalue weighted by Crippen LogP contribution is -2.16. The van der Waals surface area contributed by atoms with E-state index in [1.54, 1.807) is 25.3 Å². The number of methoxy groups -OCH3 is 2. The first kappa shape index (κ1) is 19.0. The van der Waals surface area contributed by atoms with Gasteiger partial charge in [0.15, 0.2) is 16.3 Å². The average molecular weight is 386 g/mol. The van der Waals surface area contributed by atoms with E-state index in [9.17, 15) is 4.79 Å². The van der Waals surface area contributed by atoms with E-state index < -0.39 is 0 Å². The van der Waals surface area contributed by atoms with Crippen molar-refractivity contribution in [2.24, 2.45) is 4.99 Å². The van der Waals surface area contributed by atoms with Crippen LogP contribution in [-0.2, 0) is 6.54 Å². The SMILES string of the molecule is CCOc1cccc2sc(=NC(=O)c3ccc(OC)c(OC)c3)n(CC)c12. The Balaban J connectivity index is 2.10. The van der Waals surface area contributed by atoms with Crippen molar-refractivity contribution in [2.45, 2.75) is 20.4 Å². The quantitative estimate of drug-likeness (QED) is 0.645. The van der Waals surface area contributed by atoms with E-state index in [4.69, 9.17) is 14.2 Å². The molecule has 0 spiro atoms. The van der Waals surface area contributed by atoms with Crippen LogP contribution in [0, 0.1) is 0 Å². The molecule has 0 N–H and O–H groups in total. The van der Waals surface area contributed by atoms with Crippen LogP contribution in [0.1, 0.15) is 24.2 Å². The predicted molar refractivity (Wildman–Crippen MR) is 106 cm³/mol. The number of carbonyl (C=O) groups is 1. The summed E-state index contributed by atoms with van der Waals surface area (Å²) in [4.78, 5) is 17.7. The Morgan fingerprint density at radius 3 is 2.52 bits per heavy atom. The fraction of sp³-hybridized carbons (Fsp3) is 0.300. The molecule has 1 aromatic heterocycles. The second-order valence-electron chi connectivity index (χ2n) is 5.65. The van der Waals surface area contributed by atoms with Gasteiger partial charge in [0.25, 0.3) is 5.91 Å². The third-order valence-corrected chi connectivity index (χ3v) is 5.15. The van der Waals surface area contributed by atoms with Gasteiger partial charge in [0, 0.05) is 12.1 Å². The van der Waals surface area contributed by atoms with E-state index >= 15 is 0 Å². The highest BCUT2D eigenvalue weighted by Gasteiger charge is 2.14. The number of ether oxygens (including phenoxy) is 3. The largest absolute Gasteiger partial charge is 0.493 e. The van der Waals surface area contributed by atoms with E-state index in [0.717, 1.165) is 16.0 Å². The Morgan fingerprint density at radius 2 is 1.85 bits per heavy atom. The van der Waals surface area contributed by atoms with Gasteiger partial charge < -0.3 is 18.8 Å². The molecule has 0 aliphatic carbocycles. The number of carbonyl (C=O) groups excluding carboxylic acids is 1. The van der Waals surface area contributed by atoms with Crippen LogP contribution in [-0.4, -0.2) is 31.3 Å². The molecule has 0 saturated heterocycles. The van der Waals surface area contributed by atoms with Crippen LogP contribution < -0.4 is 19.0 Å². The van der Waals surface area contributed by atoms with Crippen molar-refractivity contribution in [1.29, 1.82) is 0 Å². The van der Waals surface area contributed by atoms with Gasteiger partial charge in [0.05, 0.1) is 25.5 Å². The van der Waals surface area contributed by atoms with Crippen LogP contribution >= 0.6 is 11.3 Å². The van der Waals surface area contributed by atoms with Crippen molar-refractivity contribution in [1.82, 2.24) is 4.57 Å². The number of hydrogen-bond acceptors (Lipinski definition) is 5. The number of rotatable bonds is 6. The van der Waals surface area contributed by atoms with Gasteiger partial charge in [-0.25, -0.2) is 0 Å². The van der Waals surface area contributed by atoms with Crippen LogP contribution in [0.15, 0.2) is 41.4 Å². The predicted octanol–water partition coefficient (Wildman–Crippen LogP) is 3.88. The second-order valence-corrected chi connectivity index (χ2v) is 6.66. The molecule has 1 amide bonds. The summed E-state index contributed by atoms with van der Waals surface area (Å²) in [5, 5.41) is 0. The first-order chi connectivity index (χ1) is 13.1. The maximum absolute atomic E-state index is 12.7. The minimum atomic E-state index is -0.331. The summed E-state index contributed by atoms with van der Waals surface area (Å²) in [5.74, 6) is 1.54. The number of aromatic nitrogens is 1. The molecule has 1 heterocycles. The lowest BCUT2D eigenvalue weighted by Gasteiger charge is -2.08. The van der Waals surface area contributed by atoms with Gasteiger partial charge in [-0.3, -0.25) is 4.79 Å². The zero-order chi connectivity index (χ0) is 19.4. The summed E-state index contributed by atoms with van der Waals surface area (Å²) in [6.07, 6.45) is 0. The number of nitrogens with zero attached hydrogens (tertiary/aromatic N) is 2. The van der Waals surface area contributed by atoms with E-state index in [0.29, 0.717) is 35.0 Å². The third-order valence-electron chi connectivity index (χ3n) is 4.11. The molecule has 0 radical (unpaired) electrons. The Bertz CT molecular complexity index is 1040. The van der Waals surface area contributed by atoms with Gasteiger partial charge in [0.2, 0.25) is 0 Å². The molecule has 0 bridgehead atoms. The zero-order valence-corrected chi connectivity index (χ0v) is 16.6. The number of hydrogen-bond donors (Lipinski definition) is 0. The highest BCUT2D eigenvalue weighted by Crippen LogP contribution is 2.29. The molecule has 0 unspecified atom stereocenters. The number of amides is 1. The molecule has 0 aliphatic rings. The summed E-state index contributed by atoms with van der Waals surface area (Å²) in [7, 11) is 3.09. The lowest BCUT2D eigenvalue weighted by atomic mass is 10.2. The van der Waals surface area contributed by atoms with Gasteiger partial charge in [0.1, 0.15) is 11.3 Å². The fourth-order valence-electron chi connectivity index (χ4n) is 2.87. The van der Waals surface area contributed by atoms with Crippen LogP contribution in [0.2, 0.25) is 0 Å². The van der Waals surface area contributed by atoms with Crippen molar-refractivity contribution in [3.8, 4) is 17.2 Å². The molecule has 2 aromatic carbocycles. The van der Waals surface area contributed by atoms with Crippen LogP contribution in [0.25, 0.3) is 10.2 Å². The zero-order valence-electron chi connectivity index (χ0n) is 15.8. The van der Waals surface area contributed by atoms with Crippen molar-refractivity contribution >= 4 is 27.5 Å². The summed E-state index contributed by atoms with van der Waals surface area (Å²) in [6.45, 7) is 5.24. The molecule has 0 fully saturated rings.